The van der Waals surface area contributed by atoms with E-state index in [2.05, 4.69) is 0 Å². The van der Waals surface area contributed by atoms with Crippen LogP contribution in [-0.4, -0.2) is 30.4 Å². The monoisotopic (exact) mass is 419 g/mol. The van der Waals surface area contributed by atoms with E-state index in [9.17, 15) is 9.59 Å². The van der Waals surface area contributed by atoms with Crippen LogP contribution in [0.4, 0.5) is 0 Å². The van der Waals surface area contributed by atoms with Crippen molar-refractivity contribution in [1.82, 2.24) is 4.90 Å². The summed E-state index contributed by atoms with van der Waals surface area (Å²) in [4.78, 5) is 28.3. The molecule has 0 N–H and O–H groups in total. The first-order chi connectivity index (χ1) is 14.7. The van der Waals surface area contributed by atoms with Gasteiger partial charge in [-0.05, 0) is 30.2 Å². The molecule has 0 saturated heterocycles. The minimum Gasteiger partial charge on any atom is -0.496 e. The zero-order valence-corrected chi connectivity index (χ0v) is 17.4. The fraction of sp³-hybridized carbons (Fsp3) is 0.167. The Morgan fingerprint density at radius 1 is 0.933 bits per heavy atom. The molecule has 1 aromatic heterocycles. The highest BCUT2D eigenvalue weighted by Gasteiger charge is 2.39. The summed E-state index contributed by atoms with van der Waals surface area (Å²) in [5.74, 6) is 1.22. The van der Waals surface area contributed by atoms with E-state index in [0.29, 0.717) is 40.5 Å². The third kappa shape index (κ3) is 4.04. The van der Waals surface area contributed by atoms with Gasteiger partial charge in [0.05, 0.1) is 29.6 Å². The SMILES string of the molecule is COc1ccccc1C1=C(SCc2ccco2)C(=O)N(CCc2ccccc2)C1=O. The van der Waals surface area contributed by atoms with Crippen molar-refractivity contribution in [1.29, 1.82) is 0 Å². The number of furan rings is 1. The second-order valence-corrected chi connectivity index (χ2v) is 7.76. The zero-order valence-electron chi connectivity index (χ0n) is 16.5. The molecule has 2 amide bonds. The lowest BCUT2D eigenvalue weighted by Crippen LogP contribution is -2.33. The van der Waals surface area contributed by atoms with Crippen LogP contribution in [-0.2, 0) is 21.8 Å². The highest BCUT2D eigenvalue weighted by atomic mass is 32.2. The minimum absolute atomic E-state index is 0.270. The summed E-state index contributed by atoms with van der Waals surface area (Å²) in [7, 11) is 1.56. The Morgan fingerprint density at radius 3 is 2.43 bits per heavy atom. The molecule has 0 aliphatic carbocycles. The Labute approximate surface area is 179 Å². The molecule has 2 heterocycles. The quantitative estimate of drug-likeness (QED) is 0.502. The number of methoxy groups -OCH3 is 1. The van der Waals surface area contributed by atoms with Gasteiger partial charge in [-0.25, -0.2) is 0 Å². The largest absolute Gasteiger partial charge is 0.496 e. The Morgan fingerprint density at radius 2 is 1.70 bits per heavy atom. The number of nitrogens with zero attached hydrogens (tertiary/aromatic N) is 1. The first kappa shape index (κ1) is 20.0. The summed E-state index contributed by atoms with van der Waals surface area (Å²) in [6.45, 7) is 0.325. The lowest BCUT2D eigenvalue weighted by molar-refractivity contribution is -0.136. The molecule has 30 heavy (non-hydrogen) atoms. The van der Waals surface area contributed by atoms with Crippen LogP contribution in [0.1, 0.15) is 16.9 Å². The van der Waals surface area contributed by atoms with Crippen molar-refractivity contribution in [2.75, 3.05) is 13.7 Å². The van der Waals surface area contributed by atoms with Crippen LogP contribution < -0.4 is 4.74 Å². The summed E-state index contributed by atoms with van der Waals surface area (Å²) < 4.78 is 10.9. The average Bonchev–Trinajstić information content (AvgIpc) is 3.38. The van der Waals surface area contributed by atoms with Crippen molar-refractivity contribution in [3.8, 4) is 5.75 Å². The average molecular weight is 420 g/mol. The number of para-hydroxylation sites is 1. The minimum atomic E-state index is -0.289. The topological polar surface area (TPSA) is 59.8 Å². The molecule has 6 heteroatoms. The van der Waals surface area contributed by atoms with Gasteiger partial charge < -0.3 is 9.15 Å². The van der Waals surface area contributed by atoms with Gasteiger partial charge in [0.15, 0.2) is 0 Å². The van der Waals surface area contributed by atoms with Gasteiger partial charge in [-0.2, -0.15) is 0 Å². The van der Waals surface area contributed by atoms with Crippen LogP contribution >= 0.6 is 11.8 Å². The molecule has 152 valence electrons. The zero-order chi connectivity index (χ0) is 20.9. The van der Waals surface area contributed by atoms with E-state index in [1.807, 2.05) is 54.6 Å². The number of ether oxygens (including phenoxy) is 1. The Kier molecular flexibility index (Phi) is 6.05. The third-order valence-electron chi connectivity index (χ3n) is 4.91. The third-order valence-corrected chi connectivity index (χ3v) is 6.00. The van der Waals surface area contributed by atoms with Crippen molar-refractivity contribution >= 4 is 29.1 Å². The van der Waals surface area contributed by atoms with Crippen molar-refractivity contribution in [2.24, 2.45) is 0 Å². The lowest BCUT2D eigenvalue weighted by atomic mass is 10.0. The maximum absolute atomic E-state index is 13.3. The van der Waals surface area contributed by atoms with Crippen molar-refractivity contribution in [3.05, 3.63) is 94.8 Å². The molecular formula is C24H21NO4S. The van der Waals surface area contributed by atoms with Crippen molar-refractivity contribution in [3.63, 3.8) is 0 Å². The first-order valence-corrected chi connectivity index (χ1v) is 10.6. The van der Waals surface area contributed by atoms with E-state index in [1.165, 1.54) is 16.7 Å². The lowest BCUT2D eigenvalue weighted by Gasteiger charge is -2.15. The molecule has 4 rings (SSSR count). The van der Waals surface area contributed by atoms with Gasteiger partial charge in [-0.15, -0.1) is 11.8 Å². The molecule has 0 atom stereocenters. The maximum Gasteiger partial charge on any atom is 0.268 e. The van der Waals surface area contributed by atoms with Crippen LogP contribution in [0.25, 0.3) is 5.57 Å². The number of carbonyl (C=O) groups excluding carboxylic acids is 2. The van der Waals surface area contributed by atoms with Crippen LogP contribution in [0.2, 0.25) is 0 Å². The van der Waals surface area contributed by atoms with E-state index in [-0.39, 0.29) is 11.8 Å². The smallest absolute Gasteiger partial charge is 0.268 e. The number of benzene rings is 2. The highest BCUT2D eigenvalue weighted by Crippen LogP contribution is 2.40. The summed E-state index contributed by atoms with van der Waals surface area (Å²) in [6, 6.07) is 20.8. The normalized spacial score (nSPS) is 14.0. The van der Waals surface area contributed by atoms with E-state index >= 15 is 0 Å². The van der Waals surface area contributed by atoms with Crippen LogP contribution in [0, 0.1) is 0 Å². The maximum atomic E-state index is 13.3. The number of rotatable bonds is 8. The van der Waals surface area contributed by atoms with E-state index in [0.717, 1.165) is 11.3 Å². The summed E-state index contributed by atoms with van der Waals surface area (Å²) in [5, 5.41) is 0. The van der Waals surface area contributed by atoms with Gasteiger partial charge >= 0.3 is 0 Å². The van der Waals surface area contributed by atoms with Crippen LogP contribution in [0.5, 0.6) is 5.75 Å². The predicted octanol–water partition coefficient (Wildman–Crippen LogP) is 4.54. The van der Waals surface area contributed by atoms with Gasteiger partial charge in [-0.1, -0.05) is 48.5 Å². The molecule has 5 nitrogen and oxygen atoms in total. The molecule has 0 bridgehead atoms. The van der Waals surface area contributed by atoms with E-state index < -0.39 is 0 Å². The number of hydrogen-bond acceptors (Lipinski definition) is 5. The second kappa shape index (κ2) is 9.05. The van der Waals surface area contributed by atoms with Crippen LogP contribution in [0.15, 0.2) is 82.3 Å². The summed E-state index contributed by atoms with van der Waals surface area (Å²) >= 11 is 1.32. The van der Waals surface area contributed by atoms with Crippen molar-refractivity contribution in [2.45, 2.75) is 12.2 Å². The van der Waals surface area contributed by atoms with E-state index in [1.54, 1.807) is 25.5 Å². The van der Waals surface area contributed by atoms with Gasteiger partial charge in [-0.3, -0.25) is 14.5 Å². The standard InChI is InChI=1S/C24H21NO4S/c1-28-20-12-6-5-11-19(20)21-22(30-16-18-10-7-15-29-18)24(27)25(23(21)26)14-13-17-8-3-2-4-9-17/h2-12,15H,13-14,16H2,1H3. The van der Waals surface area contributed by atoms with Gasteiger partial charge in [0.2, 0.25) is 0 Å². The number of carbonyl (C=O) groups is 2. The second-order valence-electron chi connectivity index (χ2n) is 6.77. The number of hydrogen-bond donors (Lipinski definition) is 0. The Balaban J connectivity index is 1.65. The fourth-order valence-corrected chi connectivity index (χ4v) is 4.43. The number of imide groups is 1. The molecule has 1 aliphatic rings. The van der Waals surface area contributed by atoms with Crippen molar-refractivity contribution < 1.29 is 18.7 Å². The molecule has 0 saturated carbocycles. The van der Waals surface area contributed by atoms with E-state index in [4.69, 9.17) is 9.15 Å². The van der Waals surface area contributed by atoms with Gasteiger partial charge in [0.25, 0.3) is 11.8 Å². The molecular weight excluding hydrogens is 398 g/mol. The summed E-state index contributed by atoms with van der Waals surface area (Å²) in [6.07, 6.45) is 2.20. The summed E-state index contributed by atoms with van der Waals surface area (Å²) in [5.41, 5.74) is 2.10. The number of amides is 2. The molecule has 0 spiro atoms. The van der Waals surface area contributed by atoms with Gasteiger partial charge in [0, 0.05) is 12.1 Å². The number of thioether (sulfide) groups is 1. The first-order valence-electron chi connectivity index (χ1n) is 9.62. The molecule has 0 fully saturated rings. The van der Waals surface area contributed by atoms with Gasteiger partial charge in [0.1, 0.15) is 11.5 Å². The predicted molar refractivity (Wildman–Crippen MR) is 117 cm³/mol. The van der Waals surface area contributed by atoms with Crippen LogP contribution in [0.3, 0.4) is 0 Å². The molecule has 1 aliphatic heterocycles. The molecule has 0 unspecified atom stereocenters. The molecule has 0 radical (unpaired) electrons. The molecule has 3 aromatic rings. The fourth-order valence-electron chi connectivity index (χ4n) is 3.40. The molecule has 2 aromatic carbocycles. The Bertz CT molecular complexity index is 1070. The highest BCUT2D eigenvalue weighted by molar-refractivity contribution is 8.03. The Hall–Kier alpha value is -3.25.